The molecule has 0 aromatic heterocycles. The number of benzene rings is 1. The average Bonchev–Trinajstić information content (AvgIpc) is 2.24. The van der Waals surface area contributed by atoms with Crippen molar-refractivity contribution in [3.05, 3.63) is 18.2 Å². The fourth-order valence-corrected chi connectivity index (χ4v) is 2.21. The van der Waals surface area contributed by atoms with Crippen molar-refractivity contribution in [2.75, 3.05) is 23.9 Å². The lowest BCUT2D eigenvalue weighted by molar-refractivity contribution is 0.183. The maximum atomic E-state index is 11.3. The van der Waals surface area contributed by atoms with Crippen LogP contribution >= 0.6 is 0 Å². The molecule has 0 aliphatic rings. The van der Waals surface area contributed by atoms with E-state index in [0.717, 1.165) is 12.7 Å². The van der Waals surface area contributed by atoms with E-state index in [1.165, 1.54) is 12.1 Å². The zero-order valence-electron chi connectivity index (χ0n) is 10.7. The van der Waals surface area contributed by atoms with Gasteiger partial charge in [-0.15, -0.1) is 0 Å². The van der Waals surface area contributed by atoms with E-state index in [0.29, 0.717) is 24.3 Å². The zero-order valence-corrected chi connectivity index (χ0v) is 11.5. The summed E-state index contributed by atoms with van der Waals surface area (Å²) in [5, 5.41) is 12.2. The Morgan fingerprint density at radius 3 is 2.61 bits per heavy atom. The van der Waals surface area contributed by atoms with Crippen molar-refractivity contribution < 1.29 is 13.5 Å². The Kier molecular flexibility index (Phi) is 4.98. The molecular formula is C12H20N2O3S. The summed E-state index contributed by atoms with van der Waals surface area (Å²) in [5.41, 5.74) is 6.91. The Bertz CT molecular complexity index is 498. The van der Waals surface area contributed by atoms with Gasteiger partial charge >= 0.3 is 0 Å². The van der Waals surface area contributed by atoms with E-state index in [2.05, 4.69) is 5.32 Å². The van der Waals surface area contributed by atoms with Gasteiger partial charge in [0, 0.05) is 12.8 Å². The highest BCUT2D eigenvalue weighted by Crippen LogP contribution is 2.22. The van der Waals surface area contributed by atoms with Crippen LogP contribution in [0, 0.1) is 0 Å². The van der Waals surface area contributed by atoms with E-state index in [-0.39, 0.29) is 11.0 Å². The molecule has 0 spiro atoms. The van der Waals surface area contributed by atoms with Gasteiger partial charge in [-0.3, -0.25) is 0 Å². The molecule has 6 heteroatoms. The topological polar surface area (TPSA) is 92.4 Å². The average molecular weight is 272 g/mol. The summed E-state index contributed by atoms with van der Waals surface area (Å²) in [5.74, 6) is 0. The molecule has 102 valence electrons. The lowest BCUT2D eigenvalue weighted by atomic mass is 10.2. The molecular weight excluding hydrogens is 252 g/mol. The SMILES string of the molecule is CC(O)CCCNc1ccc(S(C)(=O)=O)cc1N. The van der Waals surface area contributed by atoms with Crippen LogP contribution in [0.3, 0.4) is 0 Å². The van der Waals surface area contributed by atoms with Crippen LogP contribution in [-0.2, 0) is 9.84 Å². The van der Waals surface area contributed by atoms with E-state index in [1.807, 2.05) is 0 Å². The van der Waals surface area contributed by atoms with Gasteiger partial charge in [-0.25, -0.2) is 8.42 Å². The first-order valence-corrected chi connectivity index (χ1v) is 7.71. The van der Waals surface area contributed by atoms with Gasteiger partial charge in [-0.2, -0.15) is 0 Å². The van der Waals surface area contributed by atoms with Gasteiger partial charge in [0.2, 0.25) is 0 Å². The second-order valence-corrected chi connectivity index (χ2v) is 6.45. The minimum absolute atomic E-state index is 0.217. The molecule has 1 aromatic rings. The van der Waals surface area contributed by atoms with E-state index >= 15 is 0 Å². The van der Waals surface area contributed by atoms with Gasteiger partial charge in [0.25, 0.3) is 0 Å². The van der Waals surface area contributed by atoms with Crippen LogP contribution in [0.25, 0.3) is 0 Å². The number of aliphatic hydroxyl groups is 1. The molecule has 0 aliphatic heterocycles. The molecule has 0 saturated heterocycles. The van der Waals surface area contributed by atoms with E-state index in [9.17, 15) is 8.42 Å². The normalized spacial score (nSPS) is 13.3. The molecule has 1 atom stereocenters. The Hall–Kier alpha value is -1.27. The minimum Gasteiger partial charge on any atom is -0.397 e. The zero-order chi connectivity index (χ0) is 13.8. The number of nitrogens with two attached hydrogens (primary N) is 1. The molecule has 1 unspecified atom stereocenters. The second kappa shape index (κ2) is 6.06. The standard InChI is InChI=1S/C12H20N2O3S/c1-9(15)4-3-7-14-12-6-5-10(8-11(12)13)18(2,16)17/h5-6,8-9,14-15H,3-4,7,13H2,1-2H3. The third-order valence-electron chi connectivity index (χ3n) is 2.57. The number of nitrogen functional groups attached to an aromatic ring is 1. The van der Waals surface area contributed by atoms with Crippen molar-refractivity contribution in [1.29, 1.82) is 0 Å². The molecule has 5 nitrogen and oxygen atoms in total. The number of hydrogen-bond acceptors (Lipinski definition) is 5. The highest BCUT2D eigenvalue weighted by atomic mass is 32.2. The molecule has 0 radical (unpaired) electrons. The van der Waals surface area contributed by atoms with Crippen LogP contribution in [0.4, 0.5) is 11.4 Å². The first-order valence-electron chi connectivity index (χ1n) is 5.82. The predicted octanol–water partition coefficient (Wildman–Crippen LogP) is 1.25. The molecule has 0 fully saturated rings. The van der Waals surface area contributed by atoms with E-state index in [4.69, 9.17) is 10.8 Å². The van der Waals surface area contributed by atoms with Crippen molar-refractivity contribution >= 4 is 21.2 Å². The number of nitrogens with one attached hydrogen (secondary N) is 1. The Morgan fingerprint density at radius 2 is 2.11 bits per heavy atom. The second-order valence-electron chi connectivity index (χ2n) is 4.44. The van der Waals surface area contributed by atoms with Crippen LogP contribution in [-0.4, -0.2) is 32.4 Å². The lowest BCUT2D eigenvalue weighted by Crippen LogP contribution is -2.08. The molecule has 0 aliphatic carbocycles. The van der Waals surface area contributed by atoms with Gasteiger partial charge in [0.15, 0.2) is 9.84 Å². The third-order valence-corrected chi connectivity index (χ3v) is 3.68. The van der Waals surface area contributed by atoms with E-state index in [1.54, 1.807) is 13.0 Å². The molecule has 0 heterocycles. The van der Waals surface area contributed by atoms with Gasteiger partial charge in [-0.05, 0) is 38.0 Å². The van der Waals surface area contributed by atoms with Gasteiger partial charge in [0.1, 0.15) is 0 Å². The van der Waals surface area contributed by atoms with E-state index < -0.39 is 9.84 Å². The molecule has 1 aromatic carbocycles. The predicted molar refractivity (Wildman–Crippen MR) is 73.4 cm³/mol. The highest BCUT2D eigenvalue weighted by molar-refractivity contribution is 7.90. The highest BCUT2D eigenvalue weighted by Gasteiger charge is 2.09. The summed E-state index contributed by atoms with van der Waals surface area (Å²) in [4.78, 5) is 0.217. The van der Waals surface area contributed by atoms with Crippen LogP contribution in [0.15, 0.2) is 23.1 Å². The van der Waals surface area contributed by atoms with Crippen molar-refractivity contribution in [3.63, 3.8) is 0 Å². The van der Waals surface area contributed by atoms with Crippen molar-refractivity contribution in [3.8, 4) is 0 Å². The van der Waals surface area contributed by atoms with Crippen LogP contribution in [0.5, 0.6) is 0 Å². The Morgan fingerprint density at radius 1 is 1.44 bits per heavy atom. The van der Waals surface area contributed by atoms with Gasteiger partial charge in [0.05, 0.1) is 22.4 Å². The van der Waals surface area contributed by atoms with Gasteiger partial charge in [-0.1, -0.05) is 0 Å². The lowest BCUT2D eigenvalue weighted by Gasteiger charge is -2.11. The maximum absolute atomic E-state index is 11.3. The van der Waals surface area contributed by atoms with Crippen molar-refractivity contribution in [2.24, 2.45) is 0 Å². The molecule has 0 bridgehead atoms. The fraction of sp³-hybridized carbons (Fsp3) is 0.500. The molecule has 0 saturated carbocycles. The summed E-state index contributed by atoms with van der Waals surface area (Å²) in [7, 11) is -3.22. The summed E-state index contributed by atoms with van der Waals surface area (Å²) in [6.07, 6.45) is 2.38. The quantitative estimate of drug-likeness (QED) is 0.535. The summed E-state index contributed by atoms with van der Waals surface area (Å²) < 4.78 is 22.7. The smallest absolute Gasteiger partial charge is 0.175 e. The third kappa shape index (κ3) is 4.54. The van der Waals surface area contributed by atoms with Crippen molar-refractivity contribution in [1.82, 2.24) is 0 Å². The van der Waals surface area contributed by atoms with Crippen molar-refractivity contribution in [2.45, 2.75) is 30.8 Å². The number of aliphatic hydroxyl groups excluding tert-OH is 1. The van der Waals surface area contributed by atoms with Crippen LogP contribution in [0.1, 0.15) is 19.8 Å². The minimum atomic E-state index is -3.22. The Labute approximate surface area is 108 Å². The maximum Gasteiger partial charge on any atom is 0.175 e. The summed E-state index contributed by atoms with van der Waals surface area (Å²) in [6, 6.07) is 4.64. The van der Waals surface area contributed by atoms with Crippen LogP contribution in [0.2, 0.25) is 0 Å². The number of sulfone groups is 1. The number of anilines is 2. The number of rotatable bonds is 6. The first kappa shape index (κ1) is 14.8. The summed E-state index contributed by atoms with van der Waals surface area (Å²) >= 11 is 0. The molecule has 1 rings (SSSR count). The molecule has 4 N–H and O–H groups in total. The Balaban J connectivity index is 2.64. The molecule has 0 amide bonds. The summed E-state index contributed by atoms with van der Waals surface area (Å²) in [6.45, 7) is 2.43. The van der Waals surface area contributed by atoms with Crippen LogP contribution < -0.4 is 11.1 Å². The van der Waals surface area contributed by atoms with Gasteiger partial charge < -0.3 is 16.2 Å². The molecule has 18 heavy (non-hydrogen) atoms. The number of hydrogen-bond donors (Lipinski definition) is 3. The fourth-order valence-electron chi connectivity index (χ4n) is 1.55. The monoisotopic (exact) mass is 272 g/mol. The first-order chi connectivity index (χ1) is 8.30. The largest absolute Gasteiger partial charge is 0.397 e.